The molecule has 20 heavy (non-hydrogen) atoms. The molecule has 0 aromatic carbocycles. The van der Waals surface area contributed by atoms with Crippen molar-refractivity contribution in [1.82, 2.24) is 19.5 Å². The molecule has 3 rings (SSSR count). The molecule has 1 aliphatic rings. The molecule has 106 valence electrons. The minimum Gasteiger partial charge on any atom is -0.478 e. The highest BCUT2D eigenvalue weighted by Gasteiger charge is 2.28. The topological polar surface area (TPSA) is 70.7 Å². The summed E-state index contributed by atoms with van der Waals surface area (Å²) in [5.41, 5.74) is 0.628. The lowest BCUT2D eigenvalue weighted by Gasteiger charge is -2.19. The van der Waals surface area contributed by atoms with Gasteiger partial charge in [0.1, 0.15) is 5.56 Å². The van der Waals surface area contributed by atoms with Crippen molar-refractivity contribution in [2.75, 3.05) is 13.1 Å². The van der Waals surface area contributed by atoms with Crippen molar-refractivity contribution < 1.29 is 9.90 Å². The zero-order chi connectivity index (χ0) is 14.3. The van der Waals surface area contributed by atoms with Crippen LogP contribution in [-0.4, -0.2) is 49.7 Å². The molecule has 1 unspecified atom stereocenters. The molecule has 6 nitrogen and oxygen atoms in total. The third-order valence-corrected chi connectivity index (χ3v) is 3.92. The van der Waals surface area contributed by atoms with Crippen LogP contribution in [0.2, 0.25) is 0 Å². The van der Waals surface area contributed by atoms with Gasteiger partial charge in [0.2, 0.25) is 0 Å². The van der Waals surface area contributed by atoms with Gasteiger partial charge in [-0.2, -0.15) is 5.10 Å². The highest BCUT2D eigenvalue weighted by atomic mass is 16.4. The van der Waals surface area contributed by atoms with Crippen LogP contribution in [0.25, 0.3) is 5.65 Å². The second-order valence-corrected chi connectivity index (χ2v) is 5.54. The maximum absolute atomic E-state index is 11.2. The molecule has 0 bridgehead atoms. The van der Waals surface area contributed by atoms with Crippen molar-refractivity contribution >= 4 is 11.6 Å². The standard InChI is InChI=1S/C14H18N4O2/c1-9(2)17-7-5-10(8-17)12-15-13-11(14(19)20)4-3-6-18(13)16-12/h3-4,6,9-10H,5,7-8H2,1-2H3,(H,19,20). The zero-order valence-electron chi connectivity index (χ0n) is 11.7. The summed E-state index contributed by atoms with van der Waals surface area (Å²) in [6, 6.07) is 3.77. The number of carbonyl (C=O) groups is 1. The van der Waals surface area contributed by atoms with Gasteiger partial charge in [0, 0.05) is 24.7 Å². The molecule has 1 fully saturated rings. The SMILES string of the molecule is CC(C)N1CCC(c2nc3c(C(=O)O)cccn3n2)C1. The molecule has 1 N–H and O–H groups in total. The van der Waals surface area contributed by atoms with Gasteiger partial charge in [-0.25, -0.2) is 14.3 Å². The summed E-state index contributed by atoms with van der Waals surface area (Å²) < 4.78 is 1.57. The Morgan fingerprint density at radius 3 is 2.95 bits per heavy atom. The van der Waals surface area contributed by atoms with Crippen LogP contribution in [0.3, 0.4) is 0 Å². The van der Waals surface area contributed by atoms with Gasteiger partial charge in [-0.1, -0.05) is 0 Å². The Balaban J connectivity index is 1.94. The summed E-state index contributed by atoms with van der Waals surface area (Å²) in [6.45, 7) is 6.35. The van der Waals surface area contributed by atoms with Crippen LogP contribution in [0.4, 0.5) is 0 Å². The van der Waals surface area contributed by atoms with Gasteiger partial charge in [-0.15, -0.1) is 0 Å². The van der Waals surface area contributed by atoms with Crippen LogP contribution in [0.1, 0.15) is 42.4 Å². The number of aromatic nitrogens is 3. The third-order valence-electron chi connectivity index (χ3n) is 3.92. The first-order chi connectivity index (χ1) is 9.56. The van der Waals surface area contributed by atoms with Gasteiger partial charge in [0.15, 0.2) is 11.5 Å². The van der Waals surface area contributed by atoms with E-state index in [1.807, 2.05) is 0 Å². The van der Waals surface area contributed by atoms with E-state index in [0.717, 1.165) is 25.3 Å². The molecule has 0 saturated carbocycles. The number of carboxylic acid groups (broad SMARTS) is 1. The predicted molar refractivity (Wildman–Crippen MR) is 74.0 cm³/mol. The van der Waals surface area contributed by atoms with Crippen molar-refractivity contribution in [1.29, 1.82) is 0 Å². The van der Waals surface area contributed by atoms with Crippen LogP contribution in [0.5, 0.6) is 0 Å². The number of hydrogen-bond donors (Lipinski definition) is 1. The summed E-state index contributed by atoms with van der Waals surface area (Å²) in [4.78, 5) is 18.0. The van der Waals surface area contributed by atoms with E-state index in [1.165, 1.54) is 0 Å². The number of carboxylic acids is 1. The number of fused-ring (bicyclic) bond motifs is 1. The summed E-state index contributed by atoms with van der Waals surface area (Å²) in [7, 11) is 0. The van der Waals surface area contributed by atoms with Gasteiger partial charge >= 0.3 is 5.97 Å². The van der Waals surface area contributed by atoms with E-state index in [0.29, 0.717) is 17.6 Å². The quantitative estimate of drug-likeness (QED) is 0.921. The minimum atomic E-state index is -0.968. The molecule has 3 heterocycles. The molecule has 0 aliphatic carbocycles. The number of pyridine rings is 1. The fourth-order valence-electron chi connectivity index (χ4n) is 2.73. The average Bonchev–Trinajstić information content (AvgIpc) is 3.04. The van der Waals surface area contributed by atoms with Crippen LogP contribution in [-0.2, 0) is 0 Å². The van der Waals surface area contributed by atoms with E-state index in [9.17, 15) is 9.90 Å². The molecule has 1 saturated heterocycles. The highest BCUT2D eigenvalue weighted by Crippen LogP contribution is 2.26. The lowest BCUT2D eigenvalue weighted by atomic mass is 10.1. The number of aromatic carboxylic acids is 1. The Morgan fingerprint density at radius 2 is 2.30 bits per heavy atom. The monoisotopic (exact) mass is 274 g/mol. The lowest BCUT2D eigenvalue weighted by Crippen LogP contribution is -2.28. The molecular weight excluding hydrogens is 256 g/mol. The van der Waals surface area contributed by atoms with Crippen molar-refractivity contribution in [3.8, 4) is 0 Å². The van der Waals surface area contributed by atoms with E-state index in [2.05, 4.69) is 28.8 Å². The summed E-state index contributed by atoms with van der Waals surface area (Å²) in [6.07, 6.45) is 2.77. The molecule has 0 amide bonds. The largest absolute Gasteiger partial charge is 0.478 e. The van der Waals surface area contributed by atoms with Crippen molar-refractivity contribution in [3.05, 3.63) is 29.7 Å². The first-order valence-electron chi connectivity index (χ1n) is 6.89. The minimum absolute atomic E-state index is 0.199. The fourth-order valence-corrected chi connectivity index (χ4v) is 2.73. The highest BCUT2D eigenvalue weighted by molar-refractivity contribution is 5.94. The number of nitrogens with zero attached hydrogens (tertiary/aromatic N) is 4. The molecule has 0 radical (unpaired) electrons. The van der Waals surface area contributed by atoms with E-state index >= 15 is 0 Å². The molecule has 0 spiro atoms. The van der Waals surface area contributed by atoms with Gasteiger partial charge < -0.3 is 10.0 Å². The van der Waals surface area contributed by atoms with Crippen molar-refractivity contribution in [2.45, 2.75) is 32.2 Å². The van der Waals surface area contributed by atoms with Crippen molar-refractivity contribution in [2.24, 2.45) is 0 Å². The molecule has 1 aliphatic heterocycles. The van der Waals surface area contributed by atoms with Crippen LogP contribution in [0, 0.1) is 0 Å². The normalized spacial score (nSPS) is 20.1. The summed E-state index contributed by atoms with van der Waals surface area (Å²) in [5, 5.41) is 13.6. The molecule has 2 aromatic rings. The Kier molecular flexibility index (Phi) is 3.17. The van der Waals surface area contributed by atoms with Crippen molar-refractivity contribution in [3.63, 3.8) is 0 Å². The second kappa shape index (κ2) is 4.86. The molecule has 1 atom stereocenters. The Hall–Kier alpha value is -1.95. The summed E-state index contributed by atoms with van der Waals surface area (Å²) in [5.74, 6) is 0.0746. The smallest absolute Gasteiger partial charge is 0.339 e. The van der Waals surface area contributed by atoms with Gasteiger partial charge in [-0.3, -0.25) is 0 Å². The Bertz CT molecular complexity index is 650. The van der Waals surface area contributed by atoms with E-state index in [4.69, 9.17) is 0 Å². The van der Waals surface area contributed by atoms with Crippen LogP contribution >= 0.6 is 0 Å². The van der Waals surface area contributed by atoms with E-state index in [-0.39, 0.29) is 5.56 Å². The van der Waals surface area contributed by atoms with Crippen LogP contribution < -0.4 is 0 Å². The lowest BCUT2D eigenvalue weighted by molar-refractivity contribution is 0.0698. The first kappa shape index (κ1) is 13.1. The van der Waals surface area contributed by atoms with Gasteiger partial charge in [0.05, 0.1) is 0 Å². The molecule has 2 aromatic heterocycles. The molecule has 6 heteroatoms. The van der Waals surface area contributed by atoms with E-state index < -0.39 is 5.97 Å². The number of rotatable bonds is 3. The zero-order valence-corrected chi connectivity index (χ0v) is 11.7. The average molecular weight is 274 g/mol. The Morgan fingerprint density at radius 1 is 1.50 bits per heavy atom. The maximum Gasteiger partial charge on any atom is 0.339 e. The second-order valence-electron chi connectivity index (χ2n) is 5.54. The molecular formula is C14H18N4O2. The van der Waals surface area contributed by atoms with E-state index in [1.54, 1.807) is 22.8 Å². The number of likely N-dealkylation sites (tertiary alicyclic amines) is 1. The van der Waals surface area contributed by atoms with Gasteiger partial charge in [-0.05, 0) is 38.9 Å². The summed E-state index contributed by atoms with van der Waals surface area (Å²) >= 11 is 0. The van der Waals surface area contributed by atoms with Gasteiger partial charge in [0.25, 0.3) is 0 Å². The first-order valence-corrected chi connectivity index (χ1v) is 6.89. The third kappa shape index (κ3) is 2.16. The number of hydrogen-bond acceptors (Lipinski definition) is 4. The fraction of sp³-hybridized carbons (Fsp3) is 0.500. The maximum atomic E-state index is 11.2. The van der Waals surface area contributed by atoms with Crippen LogP contribution in [0.15, 0.2) is 18.3 Å². The predicted octanol–water partition coefficient (Wildman–Crippen LogP) is 1.63. The Labute approximate surface area is 117 Å².